The van der Waals surface area contributed by atoms with Crippen LogP contribution in [0.25, 0.3) is 5.69 Å². The number of ether oxygens (including phenoxy) is 1. The van der Waals surface area contributed by atoms with E-state index in [0.29, 0.717) is 22.7 Å². The molecule has 4 aromatic rings. The van der Waals surface area contributed by atoms with Gasteiger partial charge in [0.05, 0.1) is 23.1 Å². The molecule has 0 unspecified atom stereocenters. The van der Waals surface area contributed by atoms with Gasteiger partial charge in [-0.15, -0.1) is 0 Å². The van der Waals surface area contributed by atoms with Crippen LogP contribution in [0, 0.1) is 6.92 Å². The first kappa shape index (κ1) is 18.9. The number of nitrogens with one attached hydrogen (secondary N) is 1. The van der Waals surface area contributed by atoms with Crippen LogP contribution in [0.1, 0.15) is 16.1 Å². The molecule has 0 spiro atoms. The molecule has 0 aliphatic carbocycles. The van der Waals surface area contributed by atoms with Crippen LogP contribution in [0.2, 0.25) is 0 Å². The highest BCUT2D eigenvalue weighted by molar-refractivity contribution is 9.10. The number of hydrogen-bond donors (Lipinski definition) is 1. The minimum atomic E-state index is -0.230. The molecule has 0 atom stereocenters. The van der Waals surface area contributed by atoms with Crippen molar-refractivity contribution in [1.29, 1.82) is 0 Å². The summed E-state index contributed by atoms with van der Waals surface area (Å²) in [6.07, 6.45) is 4.89. The van der Waals surface area contributed by atoms with Crippen molar-refractivity contribution in [2.45, 2.75) is 6.92 Å². The van der Waals surface area contributed by atoms with Gasteiger partial charge in [0, 0.05) is 28.6 Å². The molecular formula is C22H17BrN4O2. The van der Waals surface area contributed by atoms with Crippen LogP contribution < -0.4 is 10.1 Å². The molecule has 29 heavy (non-hydrogen) atoms. The Kier molecular flexibility index (Phi) is 5.39. The van der Waals surface area contributed by atoms with Crippen molar-refractivity contribution in [1.82, 2.24) is 14.8 Å². The van der Waals surface area contributed by atoms with E-state index in [1.165, 1.54) is 0 Å². The summed E-state index contributed by atoms with van der Waals surface area (Å²) in [6, 6.07) is 18.5. The zero-order chi connectivity index (χ0) is 20.2. The van der Waals surface area contributed by atoms with Gasteiger partial charge in [0.1, 0.15) is 11.5 Å². The molecule has 1 amide bonds. The highest BCUT2D eigenvalue weighted by Gasteiger charge is 2.15. The van der Waals surface area contributed by atoms with E-state index >= 15 is 0 Å². The number of nitrogens with zero attached hydrogens (tertiary/aromatic N) is 3. The molecule has 144 valence electrons. The Morgan fingerprint density at radius 2 is 1.79 bits per heavy atom. The van der Waals surface area contributed by atoms with Gasteiger partial charge >= 0.3 is 0 Å². The Balaban J connectivity index is 1.51. The Hall–Kier alpha value is -3.45. The van der Waals surface area contributed by atoms with E-state index in [0.717, 1.165) is 15.9 Å². The van der Waals surface area contributed by atoms with Crippen LogP contribution in [0.4, 0.5) is 5.69 Å². The van der Waals surface area contributed by atoms with Gasteiger partial charge < -0.3 is 10.1 Å². The van der Waals surface area contributed by atoms with E-state index in [9.17, 15) is 4.79 Å². The topological polar surface area (TPSA) is 69.0 Å². The normalized spacial score (nSPS) is 10.6. The molecule has 6 nitrogen and oxygen atoms in total. The van der Waals surface area contributed by atoms with Crippen molar-refractivity contribution >= 4 is 27.5 Å². The van der Waals surface area contributed by atoms with Crippen LogP contribution in [0.3, 0.4) is 0 Å². The lowest BCUT2D eigenvalue weighted by atomic mass is 10.2. The number of rotatable bonds is 5. The first-order chi connectivity index (χ1) is 14.1. The second-order valence-electron chi connectivity index (χ2n) is 6.30. The van der Waals surface area contributed by atoms with Crippen molar-refractivity contribution in [3.63, 3.8) is 0 Å². The number of benzene rings is 2. The predicted molar refractivity (Wildman–Crippen MR) is 115 cm³/mol. The van der Waals surface area contributed by atoms with Gasteiger partial charge in [-0.3, -0.25) is 9.78 Å². The average molecular weight is 449 g/mol. The van der Waals surface area contributed by atoms with Gasteiger partial charge in [0.25, 0.3) is 5.91 Å². The molecule has 0 saturated heterocycles. The molecular weight excluding hydrogens is 432 g/mol. The quantitative estimate of drug-likeness (QED) is 0.444. The molecule has 0 saturated carbocycles. The maximum atomic E-state index is 12.8. The number of aromatic nitrogens is 3. The van der Waals surface area contributed by atoms with Crippen molar-refractivity contribution in [3.8, 4) is 17.2 Å². The van der Waals surface area contributed by atoms with Gasteiger partial charge in [-0.2, -0.15) is 5.10 Å². The van der Waals surface area contributed by atoms with E-state index in [-0.39, 0.29) is 5.91 Å². The van der Waals surface area contributed by atoms with Crippen LogP contribution >= 0.6 is 15.9 Å². The van der Waals surface area contributed by atoms with E-state index in [1.54, 1.807) is 41.5 Å². The standard InChI is InChI=1S/C22H17BrN4O2/c1-15-21(14-25-27(15)18-7-5-16(23)6-8-18)22(28)26-17-3-2-4-20(13-17)29-19-9-11-24-12-10-19/h2-14H,1H3,(H,26,28). The van der Waals surface area contributed by atoms with E-state index in [2.05, 4.69) is 31.3 Å². The zero-order valence-corrected chi connectivity index (χ0v) is 17.1. The van der Waals surface area contributed by atoms with Crippen molar-refractivity contribution in [2.75, 3.05) is 5.32 Å². The summed E-state index contributed by atoms with van der Waals surface area (Å²) in [5, 5.41) is 7.27. The third-order valence-electron chi connectivity index (χ3n) is 4.30. The molecule has 2 aromatic carbocycles. The number of pyridine rings is 1. The first-order valence-electron chi connectivity index (χ1n) is 8.90. The minimum Gasteiger partial charge on any atom is -0.457 e. The molecule has 0 radical (unpaired) electrons. The van der Waals surface area contributed by atoms with Crippen molar-refractivity contribution in [2.24, 2.45) is 0 Å². The van der Waals surface area contributed by atoms with Crippen LogP contribution in [-0.2, 0) is 0 Å². The Labute approximate surface area is 176 Å². The van der Waals surface area contributed by atoms with E-state index in [4.69, 9.17) is 4.74 Å². The molecule has 1 N–H and O–H groups in total. The molecule has 0 aliphatic heterocycles. The summed E-state index contributed by atoms with van der Waals surface area (Å²) in [5.74, 6) is 1.07. The smallest absolute Gasteiger partial charge is 0.259 e. The second kappa shape index (κ2) is 8.28. The van der Waals surface area contributed by atoms with Gasteiger partial charge in [-0.1, -0.05) is 22.0 Å². The lowest BCUT2D eigenvalue weighted by molar-refractivity contribution is 0.102. The molecule has 0 aliphatic rings. The molecule has 2 heterocycles. The van der Waals surface area contributed by atoms with Crippen LogP contribution in [0.15, 0.2) is 83.7 Å². The maximum Gasteiger partial charge on any atom is 0.259 e. The van der Waals surface area contributed by atoms with E-state index < -0.39 is 0 Å². The van der Waals surface area contributed by atoms with Gasteiger partial charge in [-0.25, -0.2) is 4.68 Å². The predicted octanol–water partition coefficient (Wildman–Crippen LogP) is 5.38. The number of hydrogen-bond acceptors (Lipinski definition) is 4. The minimum absolute atomic E-state index is 0.230. The average Bonchev–Trinajstić information content (AvgIpc) is 3.11. The van der Waals surface area contributed by atoms with Crippen LogP contribution in [0.5, 0.6) is 11.5 Å². The highest BCUT2D eigenvalue weighted by atomic mass is 79.9. The fourth-order valence-corrected chi connectivity index (χ4v) is 3.12. The monoisotopic (exact) mass is 448 g/mol. The lowest BCUT2D eigenvalue weighted by Crippen LogP contribution is -2.13. The van der Waals surface area contributed by atoms with Gasteiger partial charge in [0.2, 0.25) is 0 Å². The third kappa shape index (κ3) is 4.35. The number of carbonyl (C=O) groups excluding carboxylic acids is 1. The molecule has 2 aromatic heterocycles. The number of amides is 1. The SMILES string of the molecule is Cc1c(C(=O)Nc2cccc(Oc3ccncc3)c2)cnn1-c1ccc(Br)cc1. The largest absolute Gasteiger partial charge is 0.457 e. The lowest BCUT2D eigenvalue weighted by Gasteiger charge is -2.09. The summed E-state index contributed by atoms with van der Waals surface area (Å²) in [4.78, 5) is 16.7. The van der Waals surface area contributed by atoms with E-state index in [1.807, 2.05) is 49.4 Å². The summed E-state index contributed by atoms with van der Waals surface area (Å²) >= 11 is 3.42. The number of anilines is 1. The highest BCUT2D eigenvalue weighted by Crippen LogP contribution is 2.24. The maximum absolute atomic E-state index is 12.8. The van der Waals surface area contributed by atoms with Gasteiger partial charge in [0.15, 0.2) is 0 Å². The molecule has 0 fully saturated rings. The summed E-state index contributed by atoms with van der Waals surface area (Å²) in [6.45, 7) is 1.87. The molecule has 4 rings (SSSR count). The summed E-state index contributed by atoms with van der Waals surface area (Å²) < 4.78 is 8.51. The first-order valence-corrected chi connectivity index (χ1v) is 9.69. The number of halogens is 1. The summed E-state index contributed by atoms with van der Waals surface area (Å²) in [7, 11) is 0. The fourth-order valence-electron chi connectivity index (χ4n) is 2.85. The Morgan fingerprint density at radius 3 is 2.55 bits per heavy atom. The Morgan fingerprint density at radius 1 is 1.03 bits per heavy atom. The number of carbonyl (C=O) groups is 1. The Bertz CT molecular complexity index is 1140. The molecule has 7 heteroatoms. The zero-order valence-electron chi connectivity index (χ0n) is 15.5. The van der Waals surface area contributed by atoms with Crippen molar-refractivity contribution in [3.05, 3.63) is 95.0 Å². The van der Waals surface area contributed by atoms with Gasteiger partial charge in [-0.05, 0) is 55.5 Å². The van der Waals surface area contributed by atoms with Crippen molar-refractivity contribution < 1.29 is 9.53 Å². The van der Waals surface area contributed by atoms with Crippen LogP contribution in [-0.4, -0.2) is 20.7 Å². The second-order valence-corrected chi connectivity index (χ2v) is 7.21. The third-order valence-corrected chi connectivity index (χ3v) is 4.83. The summed E-state index contributed by atoms with van der Waals surface area (Å²) in [5.41, 5.74) is 2.79. The fraction of sp³-hybridized carbons (Fsp3) is 0.0455. The molecule has 0 bridgehead atoms.